The number of fused-ring (bicyclic) bond motifs is 1. The van der Waals surface area contributed by atoms with Crippen molar-refractivity contribution in [3.05, 3.63) is 35.5 Å². The number of benzene rings is 1. The quantitative estimate of drug-likeness (QED) is 0.831. The van der Waals surface area contributed by atoms with E-state index in [1.807, 2.05) is 29.2 Å². The van der Waals surface area contributed by atoms with E-state index in [-0.39, 0.29) is 0 Å². The van der Waals surface area contributed by atoms with E-state index >= 15 is 0 Å². The highest BCUT2D eigenvalue weighted by Crippen LogP contribution is 2.24. The Kier molecular flexibility index (Phi) is 5.46. The molecule has 1 aromatic carbocycles. The van der Waals surface area contributed by atoms with Gasteiger partial charge in [0.2, 0.25) is 0 Å². The van der Waals surface area contributed by atoms with E-state index in [4.69, 9.17) is 24.4 Å². The molecule has 4 heteroatoms. The van der Waals surface area contributed by atoms with Crippen LogP contribution in [0.4, 0.5) is 5.69 Å². The highest BCUT2D eigenvalue weighted by atomic mass is 35.5. The summed E-state index contributed by atoms with van der Waals surface area (Å²) in [6.07, 6.45) is 12.4. The third kappa shape index (κ3) is 4.13. The lowest BCUT2D eigenvalue weighted by molar-refractivity contribution is 0.359. The Morgan fingerprint density at radius 1 is 1.19 bits per heavy atom. The molecule has 0 saturated heterocycles. The molecule has 2 aromatic rings. The maximum absolute atomic E-state index is 5.98. The second-order valence-corrected chi connectivity index (χ2v) is 5.00. The number of terminal acetylenes is 2. The fourth-order valence-corrected chi connectivity index (χ4v) is 2.26. The Labute approximate surface area is 130 Å². The van der Waals surface area contributed by atoms with Crippen molar-refractivity contribution in [3.8, 4) is 24.7 Å². The van der Waals surface area contributed by atoms with Crippen LogP contribution in [-0.4, -0.2) is 36.1 Å². The topological polar surface area (TPSA) is 28.2 Å². The van der Waals surface area contributed by atoms with Crippen LogP contribution in [0.1, 0.15) is 0 Å². The zero-order chi connectivity index (χ0) is 15.1. The summed E-state index contributed by atoms with van der Waals surface area (Å²) >= 11 is 5.98. The SMILES string of the molecule is C#CCN(CC#C)CCNc1ccnc2cc(Cl)ccc12. The molecule has 0 aliphatic rings. The van der Waals surface area contributed by atoms with Crippen molar-refractivity contribution in [2.45, 2.75) is 0 Å². The molecular weight excluding hydrogens is 282 g/mol. The molecule has 0 bridgehead atoms. The molecule has 3 nitrogen and oxygen atoms in total. The van der Waals surface area contributed by atoms with E-state index in [2.05, 4.69) is 22.1 Å². The molecule has 1 heterocycles. The molecule has 0 atom stereocenters. The van der Waals surface area contributed by atoms with Gasteiger partial charge in [-0.05, 0) is 24.3 Å². The summed E-state index contributed by atoms with van der Waals surface area (Å²) in [5, 5.41) is 5.12. The molecule has 0 amide bonds. The number of hydrogen-bond donors (Lipinski definition) is 1. The maximum Gasteiger partial charge on any atom is 0.0737 e. The van der Waals surface area contributed by atoms with E-state index in [9.17, 15) is 0 Å². The van der Waals surface area contributed by atoms with Crippen LogP contribution >= 0.6 is 11.6 Å². The molecule has 0 radical (unpaired) electrons. The van der Waals surface area contributed by atoms with Gasteiger partial charge in [-0.3, -0.25) is 9.88 Å². The van der Waals surface area contributed by atoms with Gasteiger partial charge in [-0.15, -0.1) is 12.8 Å². The molecular formula is C17H16ClN3. The minimum atomic E-state index is 0.554. The average Bonchev–Trinajstić information content (AvgIpc) is 2.47. The van der Waals surface area contributed by atoms with Crippen LogP contribution < -0.4 is 5.32 Å². The van der Waals surface area contributed by atoms with E-state index in [1.165, 1.54) is 0 Å². The number of hydrogen-bond acceptors (Lipinski definition) is 3. The number of aromatic nitrogens is 1. The van der Waals surface area contributed by atoms with E-state index in [0.29, 0.717) is 18.1 Å². The van der Waals surface area contributed by atoms with Gasteiger partial charge in [-0.1, -0.05) is 23.4 Å². The van der Waals surface area contributed by atoms with Gasteiger partial charge in [-0.2, -0.15) is 0 Å². The Bertz CT molecular complexity index is 681. The second-order valence-electron chi connectivity index (χ2n) is 4.57. The number of nitrogens with one attached hydrogen (secondary N) is 1. The summed E-state index contributed by atoms with van der Waals surface area (Å²) in [5.74, 6) is 5.23. The van der Waals surface area contributed by atoms with Gasteiger partial charge in [0.25, 0.3) is 0 Å². The van der Waals surface area contributed by atoms with Gasteiger partial charge < -0.3 is 5.32 Å². The van der Waals surface area contributed by atoms with Gasteiger partial charge in [0.15, 0.2) is 0 Å². The summed E-state index contributed by atoms with van der Waals surface area (Å²) in [4.78, 5) is 6.35. The first kappa shape index (κ1) is 15.2. The molecule has 0 unspecified atom stereocenters. The Morgan fingerprint density at radius 2 is 1.95 bits per heavy atom. The monoisotopic (exact) mass is 297 g/mol. The number of anilines is 1. The molecule has 2 rings (SSSR count). The first-order valence-corrected chi connectivity index (χ1v) is 7.00. The first-order chi connectivity index (χ1) is 10.2. The lowest BCUT2D eigenvalue weighted by Gasteiger charge is -2.17. The molecule has 0 fully saturated rings. The lowest BCUT2D eigenvalue weighted by atomic mass is 10.2. The van der Waals surface area contributed by atoms with Crippen molar-refractivity contribution in [1.82, 2.24) is 9.88 Å². The van der Waals surface area contributed by atoms with Crippen LogP contribution in [0.3, 0.4) is 0 Å². The zero-order valence-electron chi connectivity index (χ0n) is 11.6. The van der Waals surface area contributed by atoms with Crippen molar-refractivity contribution in [1.29, 1.82) is 0 Å². The summed E-state index contributed by atoms with van der Waals surface area (Å²) in [6, 6.07) is 7.63. The van der Waals surface area contributed by atoms with Crippen LogP contribution in [0.25, 0.3) is 10.9 Å². The minimum absolute atomic E-state index is 0.554. The van der Waals surface area contributed by atoms with Crippen molar-refractivity contribution >= 4 is 28.2 Å². The van der Waals surface area contributed by atoms with E-state index in [1.54, 1.807) is 6.20 Å². The zero-order valence-corrected chi connectivity index (χ0v) is 12.4. The van der Waals surface area contributed by atoms with Gasteiger partial charge >= 0.3 is 0 Å². The molecule has 1 N–H and O–H groups in total. The van der Waals surface area contributed by atoms with Crippen LogP contribution in [0.2, 0.25) is 5.02 Å². The Balaban J connectivity index is 2.04. The van der Waals surface area contributed by atoms with Crippen LogP contribution in [-0.2, 0) is 0 Å². The molecule has 0 aliphatic carbocycles. The van der Waals surface area contributed by atoms with Crippen molar-refractivity contribution < 1.29 is 0 Å². The largest absolute Gasteiger partial charge is 0.383 e. The third-order valence-electron chi connectivity index (χ3n) is 3.08. The average molecular weight is 298 g/mol. The molecule has 0 saturated carbocycles. The van der Waals surface area contributed by atoms with Crippen molar-refractivity contribution in [2.75, 3.05) is 31.5 Å². The minimum Gasteiger partial charge on any atom is -0.383 e. The van der Waals surface area contributed by atoms with Gasteiger partial charge in [0.1, 0.15) is 0 Å². The van der Waals surface area contributed by atoms with Crippen molar-refractivity contribution in [3.63, 3.8) is 0 Å². The van der Waals surface area contributed by atoms with Crippen molar-refractivity contribution in [2.24, 2.45) is 0 Å². The lowest BCUT2D eigenvalue weighted by Crippen LogP contribution is -2.29. The molecule has 106 valence electrons. The van der Waals surface area contributed by atoms with Crippen LogP contribution in [0, 0.1) is 24.7 Å². The number of halogens is 1. The fourth-order valence-electron chi connectivity index (χ4n) is 2.10. The molecule has 0 aliphatic heterocycles. The molecule has 21 heavy (non-hydrogen) atoms. The predicted octanol–water partition coefficient (Wildman–Crippen LogP) is 2.87. The van der Waals surface area contributed by atoms with Gasteiger partial charge in [-0.25, -0.2) is 0 Å². The summed E-state index contributed by atoms with van der Waals surface area (Å²) < 4.78 is 0. The van der Waals surface area contributed by atoms with Crippen LogP contribution in [0.15, 0.2) is 30.5 Å². The van der Waals surface area contributed by atoms with E-state index in [0.717, 1.165) is 29.7 Å². The number of pyridine rings is 1. The predicted molar refractivity (Wildman–Crippen MR) is 89.3 cm³/mol. The smallest absolute Gasteiger partial charge is 0.0737 e. The van der Waals surface area contributed by atoms with Gasteiger partial charge in [0, 0.05) is 35.4 Å². The molecule has 1 aromatic heterocycles. The number of nitrogens with zero attached hydrogens (tertiary/aromatic N) is 2. The molecule has 0 spiro atoms. The standard InChI is InChI=1S/C17H16ClN3/c1-3-10-21(11-4-2)12-9-20-16-7-8-19-17-13-14(18)5-6-15(16)17/h1-2,5-8,13H,9-12H2,(H,19,20). The summed E-state index contributed by atoms with van der Waals surface area (Å²) in [6.45, 7) is 2.65. The normalized spacial score (nSPS) is 10.3. The fraction of sp³-hybridized carbons (Fsp3) is 0.235. The summed E-state index contributed by atoms with van der Waals surface area (Å²) in [7, 11) is 0. The van der Waals surface area contributed by atoms with Gasteiger partial charge in [0.05, 0.1) is 18.6 Å². The maximum atomic E-state index is 5.98. The van der Waals surface area contributed by atoms with Crippen LogP contribution in [0.5, 0.6) is 0 Å². The summed E-state index contributed by atoms with van der Waals surface area (Å²) in [5.41, 5.74) is 1.90. The highest BCUT2D eigenvalue weighted by molar-refractivity contribution is 6.31. The van der Waals surface area contributed by atoms with E-state index < -0.39 is 0 Å². The Morgan fingerprint density at radius 3 is 2.67 bits per heavy atom. The second kappa shape index (κ2) is 7.55. The Hall–Kier alpha value is -2.20. The third-order valence-corrected chi connectivity index (χ3v) is 3.31. The first-order valence-electron chi connectivity index (χ1n) is 6.62. The highest BCUT2D eigenvalue weighted by Gasteiger charge is 2.04. The number of rotatable bonds is 6.